The molecule has 0 radical (unpaired) electrons. The largest absolute Gasteiger partial charge is 0.454 e. The summed E-state index contributed by atoms with van der Waals surface area (Å²) in [6.45, 7) is 0. The van der Waals surface area contributed by atoms with Gasteiger partial charge in [-0.2, -0.15) is 0 Å². The van der Waals surface area contributed by atoms with Crippen molar-refractivity contribution in [3.05, 3.63) is 102 Å². The van der Waals surface area contributed by atoms with Gasteiger partial charge < -0.3 is 4.42 Å². The van der Waals surface area contributed by atoms with Crippen LogP contribution in [-0.2, 0) is 0 Å². The summed E-state index contributed by atoms with van der Waals surface area (Å²) < 4.78 is 6.07. The van der Waals surface area contributed by atoms with Crippen molar-refractivity contribution in [1.82, 2.24) is 15.0 Å². The van der Waals surface area contributed by atoms with Crippen molar-refractivity contribution < 1.29 is 4.42 Å². The average molecular weight is 434 g/mol. The van der Waals surface area contributed by atoms with Gasteiger partial charge in [-0.05, 0) is 18.2 Å². The maximum Gasteiger partial charge on any atom is 0.165 e. The third-order valence-electron chi connectivity index (χ3n) is 5.43. The Morgan fingerprint density at radius 1 is 0.531 bits per heavy atom. The van der Waals surface area contributed by atoms with Gasteiger partial charge >= 0.3 is 0 Å². The summed E-state index contributed by atoms with van der Waals surface area (Å²) in [6.07, 6.45) is 0. The van der Waals surface area contributed by atoms with Crippen molar-refractivity contribution in [3.8, 4) is 34.2 Å². The molecule has 0 bridgehead atoms. The first kappa shape index (κ1) is 18.7. The Labute approximate surface area is 189 Å². The minimum atomic E-state index is 0.489. The van der Waals surface area contributed by atoms with Crippen LogP contribution in [0.25, 0.3) is 56.1 Å². The zero-order valence-corrected chi connectivity index (χ0v) is 17.6. The standard InChI is InChI=1S/C27H16ClN3O/c28-23-21(16-15-20-19-13-7-8-14-22(19)32-24(20)23)27-30-25(17-9-3-1-4-10-17)29-26(31-27)18-11-5-2-6-12-18/h1-16H. The normalized spacial score (nSPS) is 11.3. The molecule has 0 atom stereocenters. The molecular formula is C27H16ClN3O. The van der Waals surface area contributed by atoms with Crippen molar-refractivity contribution in [2.45, 2.75) is 0 Å². The van der Waals surface area contributed by atoms with Crippen LogP contribution in [0.15, 0.2) is 101 Å². The Morgan fingerprint density at radius 3 is 1.75 bits per heavy atom. The van der Waals surface area contributed by atoms with Gasteiger partial charge in [0.2, 0.25) is 0 Å². The zero-order chi connectivity index (χ0) is 21.5. The summed E-state index contributed by atoms with van der Waals surface area (Å²) in [5, 5.41) is 2.49. The molecule has 5 heteroatoms. The summed E-state index contributed by atoms with van der Waals surface area (Å²) in [5.41, 5.74) is 3.96. The molecule has 4 nitrogen and oxygen atoms in total. The van der Waals surface area contributed by atoms with E-state index in [9.17, 15) is 0 Å². The van der Waals surface area contributed by atoms with Gasteiger partial charge in [0.05, 0.1) is 5.02 Å². The van der Waals surface area contributed by atoms with Crippen molar-refractivity contribution in [1.29, 1.82) is 0 Å². The first-order valence-corrected chi connectivity index (χ1v) is 10.6. The van der Waals surface area contributed by atoms with Crippen LogP contribution in [0, 0.1) is 0 Å². The van der Waals surface area contributed by atoms with Crippen molar-refractivity contribution in [2.24, 2.45) is 0 Å². The molecule has 2 aromatic heterocycles. The summed E-state index contributed by atoms with van der Waals surface area (Å²) in [5.74, 6) is 1.69. The predicted octanol–water partition coefficient (Wildman–Crippen LogP) is 7.43. The van der Waals surface area contributed by atoms with Gasteiger partial charge in [-0.1, -0.05) is 90.5 Å². The quantitative estimate of drug-likeness (QED) is 0.291. The van der Waals surface area contributed by atoms with E-state index in [1.807, 2.05) is 97.1 Å². The number of fused-ring (bicyclic) bond motifs is 3. The second-order valence-corrected chi connectivity index (χ2v) is 7.82. The highest BCUT2D eigenvalue weighted by Gasteiger charge is 2.18. The molecule has 6 rings (SSSR count). The zero-order valence-electron chi connectivity index (χ0n) is 16.9. The molecule has 6 aromatic rings. The maximum absolute atomic E-state index is 6.85. The molecule has 0 aliphatic rings. The van der Waals surface area contributed by atoms with E-state index in [1.54, 1.807) is 0 Å². The first-order chi connectivity index (χ1) is 15.8. The van der Waals surface area contributed by atoms with Crippen LogP contribution in [0.3, 0.4) is 0 Å². The van der Waals surface area contributed by atoms with Crippen LogP contribution in [0.1, 0.15) is 0 Å². The number of rotatable bonds is 3. The molecule has 0 fully saturated rings. The number of furan rings is 1. The van der Waals surface area contributed by atoms with E-state index in [4.69, 9.17) is 31.0 Å². The fourth-order valence-electron chi connectivity index (χ4n) is 3.86. The van der Waals surface area contributed by atoms with E-state index in [0.717, 1.165) is 27.5 Å². The Morgan fingerprint density at radius 2 is 1.09 bits per heavy atom. The smallest absolute Gasteiger partial charge is 0.165 e. The summed E-state index contributed by atoms with van der Waals surface area (Å²) in [7, 11) is 0. The minimum absolute atomic E-state index is 0.489. The number of para-hydroxylation sites is 1. The Hall–Kier alpha value is -4.02. The monoisotopic (exact) mass is 433 g/mol. The van der Waals surface area contributed by atoms with Crippen LogP contribution in [0.2, 0.25) is 5.02 Å². The molecule has 0 amide bonds. The van der Waals surface area contributed by atoms with Gasteiger partial charge in [0.15, 0.2) is 23.1 Å². The fourth-order valence-corrected chi connectivity index (χ4v) is 4.15. The topological polar surface area (TPSA) is 51.8 Å². The molecule has 0 spiro atoms. The number of halogens is 1. The summed E-state index contributed by atoms with van der Waals surface area (Å²) in [6, 6.07) is 31.6. The van der Waals surface area contributed by atoms with E-state index in [0.29, 0.717) is 33.6 Å². The third-order valence-corrected chi connectivity index (χ3v) is 5.80. The van der Waals surface area contributed by atoms with Crippen molar-refractivity contribution in [2.75, 3.05) is 0 Å². The van der Waals surface area contributed by atoms with Crippen LogP contribution < -0.4 is 0 Å². The summed E-state index contributed by atoms with van der Waals surface area (Å²) >= 11 is 6.85. The second kappa shape index (κ2) is 7.59. The van der Waals surface area contributed by atoms with Gasteiger partial charge in [0.1, 0.15) is 5.58 Å². The number of aromatic nitrogens is 3. The molecule has 0 saturated heterocycles. The number of benzene rings is 4. The highest BCUT2D eigenvalue weighted by molar-refractivity contribution is 6.38. The molecular weight excluding hydrogens is 418 g/mol. The van der Waals surface area contributed by atoms with Gasteiger partial charge in [0, 0.05) is 27.5 Å². The van der Waals surface area contributed by atoms with Gasteiger partial charge in [0.25, 0.3) is 0 Å². The van der Waals surface area contributed by atoms with Crippen molar-refractivity contribution in [3.63, 3.8) is 0 Å². The second-order valence-electron chi connectivity index (χ2n) is 7.44. The molecule has 2 heterocycles. The molecule has 0 unspecified atom stereocenters. The van der Waals surface area contributed by atoms with Gasteiger partial charge in [-0.3, -0.25) is 0 Å². The number of hydrogen-bond donors (Lipinski definition) is 0. The van der Waals surface area contributed by atoms with Crippen LogP contribution in [0.4, 0.5) is 0 Å². The highest BCUT2D eigenvalue weighted by Crippen LogP contribution is 2.38. The van der Waals surface area contributed by atoms with E-state index in [2.05, 4.69) is 0 Å². The number of hydrogen-bond acceptors (Lipinski definition) is 4. The molecule has 152 valence electrons. The number of nitrogens with zero attached hydrogens (tertiary/aromatic N) is 3. The molecule has 0 aliphatic carbocycles. The van der Waals surface area contributed by atoms with Gasteiger partial charge in [-0.25, -0.2) is 15.0 Å². The lowest BCUT2D eigenvalue weighted by atomic mass is 10.1. The molecule has 32 heavy (non-hydrogen) atoms. The van der Waals surface area contributed by atoms with E-state index < -0.39 is 0 Å². The Bertz CT molecular complexity index is 1520. The Kier molecular flexibility index (Phi) is 4.44. The first-order valence-electron chi connectivity index (χ1n) is 10.2. The van der Waals surface area contributed by atoms with Crippen molar-refractivity contribution >= 4 is 33.5 Å². The minimum Gasteiger partial charge on any atom is -0.454 e. The molecule has 0 aliphatic heterocycles. The fraction of sp³-hybridized carbons (Fsp3) is 0. The van der Waals surface area contributed by atoms with Crippen LogP contribution >= 0.6 is 11.6 Å². The SMILES string of the molecule is Clc1c(-c2nc(-c3ccccc3)nc(-c3ccccc3)n2)ccc2c1oc1ccccc12. The van der Waals surface area contributed by atoms with Crippen LogP contribution in [-0.4, -0.2) is 15.0 Å². The summed E-state index contributed by atoms with van der Waals surface area (Å²) in [4.78, 5) is 14.3. The maximum atomic E-state index is 6.85. The van der Waals surface area contributed by atoms with E-state index in [1.165, 1.54) is 0 Å². The average Bonchev–Trinajstić information content (AvgIpc) is 3.25. The highest BCUT2D eigenvalue weighted by atomic mass is 35.5. The Balaban J connectivity index is 1.60. The predicted molar refractivity (Wildman–Crippen MR) is 128 cm³/mol. The molecule has 0 N–H and O–H groups in total. The van der Waals surface area contributed by atoms with Crippen LogP contribution in [0.5, 0.6) is 0 Å². The van der Waals surface area contributed by atoms with Gasteiger partial charge in [-0.15, -0.1) is 0 Å². The lowest BCUT2D eigenvalue weighted by molar-refractivity contribution is 0.669. The van der Waals surface area contributed by atoms with E-state index >= 15 is 0 Å². The van der Waals surface area contributed by atoms with E-state index in [-0.39, 0.29) is 0 Å². The third kappa shape index (κ3) is 3.13. The lowest BCUT2D eigenvalue weighted by Crippen LogP contribution is -2.00. The molecule has 0 saturated carbocycles. The molecule has 4 aromatic carbocycles. The lowest BCUT2D eigenvalue weighted by Gasteiger charge is -2.09.